The number of hydrogen-bond donors (Lipinski definition) is 0. The summed E-state index contributed by atoms with van der Waals surface area (Å²) in [5.41, 5.74) is 0.818. The van der Waals surface area contributed by atoms with Gasteiger partial charge in [0.2, 0.25) is 0 Å². The molecule has 1 saturated heterocycles. The third kappa shape index (κ3) is 3.60. The summed E-state index contributed by atoms with van der Waals surface area (Å²) in [4.78, 5) is 25.3. The predicted octanol–water partition coefficient (Wildman–Crippen LogP) is 2.68. The number of esters is 1. The van der Waals surface area contributed by atoms with E-state index in [2.05, 4.69) is 15.9 Å². The van der Waals surface area contributed by atoms with Gasteiger partial charge >= 0.3 is 5.97 Å². The molecule has 0 bridgehead atoms. The number of likely N-dealkylation sites (tertiary alicyclic amines) is 1. The van der Waals surface area contributed by atoms with E-state index in [0.29, 0.717) is 0 Å². The summed E-state index contributed by atoms with van der Waals surface area (Å²) >= 11 is 3.31. The Bertz CT molecular complexity index is 471. The first kappa shape index (κ1) is 15.0. The van der Waals surface area contributed by atoms with Crippen LogP contribution in [0.4, 0.5) is 0 Å². The maximum Gasteiger partial charge on any atom is 0.325 e. The Hall–Kier alpha value is -1.36. The van der Waals surface area contributed by atoms with E-state index in [-0.39, 0.29) is 5.91 Å². The summed E-state index contributed by atoms with van der Waals surface area (Å²) in [6.45, 7) is 3.15. The van der Waals surface area contributed by atoms with E-state index < -0.39 is 16.9 Å². The third-order valence-corrected chi connectivity index (χ3v) is 4.26. The summed E-state index contributed by atoms with van der Waals surface area (Å²) in [7, 11) is 0. The van der Waals surface area contributed by atoms with Gasteiger partial charge in [0.25, 0.3) is 5.91 Å². The molecule has 1 fully saturated rings. The zero-order valence-corrected chi connectivity index (χ0v) is 13.0. The number of benzene rings is 1. The zero-order valence-electron chi connectivity index (χ0n) is 11.4. The first-order valence-electron chi connectivity index (χ1n) is 6.78. The van der Waals surface area contributed by atoms with Crippen LogP contribution in [0.1, 0.15) is 30.2 Å². The molecular weight excluding hydrogens is 322 g/mol. The minimum absolute atomic E-state index is 0.108. The van der Waals surface area contributed by atoms with Crippen LogP contribution < -0.4 is 0 Å². The van der Waals surface area contributed by atoms with Gasteiger partial charge < -0.3 is 9.64 Å². The Labute approximate surface area is 127 Å². The Kier molecular flexibility index (Phi) is 5.17. The maximum absolute atomic E-state index is 12.1. The highest BCUT2D eigenvalue weighted by Crippen LogP contribution is 2.24. The molecule has 0 N–H and O–H groups in total. The first-order valence-corrected chi connectivity index (χ1v) is 7.69. The summed E-state index contributed by atoms with van der Waals surface area (Å²) in [5.74, 6) is -0.542. The fourth-order valence-corrected chi connectivity index (χ4v) is 2.65. The van der Waals surface area contributed by atoms with Gasteiger partial charge in [-0.1, -0.05) is 46.3 Å². The van der Waals surface area contributed by atoms with Gasteiger partial charge in [-0.2, -0.15) is 0 Å². The minimum Gasteiger partial charge on any atom is -0.451 e. The number of hydrogen-bond acceptors (Lipinski definition) is 3. The molecule has 1 aromatic carbocycles. The topological polar surface area (TPSA) is 46.6 Å². The number of nitrogens with zero attached hydrogens (tertiary/aromatic N) is 1. The van der Waals surface area contributed by atoms with Crippen LogP contribution in [-0.2, 0) is 14.3 Å². The maximum atomic E-state index is 12.1. The quantitative estimate of drug-likeness (QED) is 0.625. The molecule has 2 rings (SSSR count). The van der Waals surface area contributed by atoms with Gasteiger partial charge in [0.1, 0.15) is 4.83 Å². The fraction of sp³-hybridized carbons (Fsp3) is 0.467. The summed E-state index contributed by atoms with van der Waals surface area (Å²) in [6.07, 6.45) is 1.32. The van der Waals surface area contributed by atoms with Gasteiger partial charge in [0.15, 0.2) is 6.10 Å². The highest BCUT2D eigenvalue weighted by atomic mass is 79.9. The van der Waals surface area contributed by atoms with E-state index in [1.54, 1.807) is 11.8 Å². The molecule has 0 radical (unpaired) electrons. The molecule has 1 aromatic rings. The normalized spacial score (nSPS) is 17.6. The van der Waals surface area contributed by atoms with Crippen LogP contribution in [0.25, 0.3) is 0 Å². The zero-order chi connectivity index (χ0) is 14.5. The number of halogens is 1. The molecule has 0 aromatic heterocycles. The largest absolute Gasteiger partial charge is 0.451 e. The van der Waals surface area contributed by atoms with Crippen LogP contribution >= 0.6 is 15.9 Å². The third-order valence-electron chi connectivity index (χ3n) is 3.36. The van der Waals surface area contributed by atoms with Gasteiger partial charge in [-0.3, -0.25) is 9.59 Å². The molecule has 1 unspecified atom stereocenters. The SMILES string of the molecule is C[C@@H](OC(=O)C(Br)c1ccccc1)C(=O)N1CCCC1. The van der Waals surface area contributed by atoms with E-state index in [1.807, 2.05) is 30.3 Å². The molecule has 0 saturated carbocycles. The molecule has 1 aliphatic heterocycles. The summed E-state index contributed by atoms with van der Waals surface area (Å²) in [6, 6.07) is 9.28. The molecular formula is C15H18BrNO3. The lowest BCUT2D eigenvalue weighted by Crippen LogP contribution is -2.38. The van der Waals surface area contributed by atoms with Crippen LogP contribution in [0.2, 0.25) is 0 Å². The molecule has 1 heterocycles. The van der Waals surface area contributed by atoms with E-state index in [0.717, 1.165) is 31.5 Å². The summed E-state index contributed by atoms with van der Waals surface area (Å²) < 4.78 is 5.26. The number of alkyl halides is 1. The van der Waals surface area contributed by atoms with Crippen molar-refractivity contribution in [2.75, 3.05) is 13.1 Å². The molecule has 5 heteroatoms. The molecule has 20 heavy (non-hydrogen) atoms. The lowest BCUT2D eigenvalue weighted by Gasteiger charge is -2.21. The fourth-order valence-electron chi connectivity index (χ4n) is 2.24. The number of rotatable bonds is 4. The number of ether oxygens (including phenoxy) is 1. The van der Waals surface area contributed by atoms with Crippen molar-refractivity contribution in [3.8, 4) is 0 Å². The molecule has 1 amide bonds. The molecule has 2 atom stereocenters. The molecule has 4 nitrogen and oxygen atoms in total. The lowest BCUT2D eigenvalue weighted by atomic mass is 10.1. The van der Waals surface area contributed by atoms with Crippen molar-refractivity contribution in [3.05, 3.63) is 35.9 Å². The Balaban J connectivity index is 1.91. The standard InChI is InChI=1S/C15H18BrNO3/c1-11(14(18)17-9-5-6-10-17)20-15(19)13(16)12-7-3-2-4-8-12/h2-4,7-8,11,13H,5-6,9-10H2,1H3/t11-,13?/m1/s1. The van der Waals surface area contributed by atoms with Crippen molar-refractivity contribution in [2.45, 2.75) is 30.7 Å². The van der Waals surface area contributed by atoms with Crippen molar-refractivity contribution in [2.24, 2.45) is 0 Å². The van der Waals surface area contributed by atoms with Crippen molar-refractivity contribution in [3.63, 3.8) is 0 Å². The van der Waals surface area contributed by atoms with Crippen LogP contribution in [-0.4, -0.2) is 36.0 Å². The van der Waals surface area contributed by atoms with Crippen molar-refractivity contribution < 1.29 is 14.3 Å². The van der Waals surface area contributed by atoms with Gasteiger partial charge in [0.05, 0.1) is 0 Å². The van der Waals surface area contributed by atoms with Gasteiger partial charge in [0, 0.05) is 13.1 Å². The van der Waals surface area contributed by atoms with Crippen molar-refractivity contribution in [1.82, 2.24) is 4.90 Å². The summed E-state index contributed by atoms with van der Waals surface area (Å²) in [5, 5.41) is 0. The molecule has 0 spiro atoms. The highest BCUT2D eigenvalue weighted by molar-refractivity contribution is 9.09. The second-order valence-electron chi connectivity index (χ2n) is 4.88. The predicted molar refractivity (Wildman–Crippen MR) is 79.5 cm³/mol. The van der Waals surface area contributed by atoms with Crippen molar-refractivity contribution >= 4 is 27.8 Å². The molecule has 0 aliphatic carbocycles. The van der Waals surface area contributed by atoms with Gasteiger partial charge in [-0.05, 0) is 25.3 Å². The first-order chi connectivity index (χ1) is 9.59. The number of carbonyl (C=O) groups excluding carboxylic acids is 2. The van der Waals surface area contributed by atoms with E-state index in [4.69, 9.17) is 4.74 Å². The average molecular weight is 340 g/mol. The second kappa shape index (κ2) is 6.88. The van der Waals surface area contributed by atoms with Crippen molar-refractivity contribution in [1.29, 1.82) is 0 Å². The minimum atomic E-state index is -0.732. The second-order valence-corrected chi connectivity index (χ2v) is 5.80. The van der Waals surface area contributed by atoms with Crippen LogP contribution in [0.3, 0.4) is 0 Å². The Morgan fingerprint density at radius 3 is 2.40 bits per heavy atom. The monoisotopic (exact) mass is 339 g/mol. The smallest absolute Gasteiger partial charge is 0.325 e. The van der Waals surface area contributed by atoms with Gasteiger partial charge in [-0.15, -0.1) is 0 Å². The highest BCUT2D eigenvalue weighted by Gasteiger charge is 2.28. The van der Waals surface area contributed by atoms with E-state index >= 15 is 0 Å². The lowest BCUT2D eigenvalue weighted by molar-refractivity contribution is -0.158. The number of amides is 1. The Morgan fingerprint density at radius 1 is 1.20 bits per heavy atom. The van der Waals surface area contributed by atoms with Crippen LogP contribution in [0.15, 0.2) is 30.3 Å². The van der Waals surface area contributed by atoms with E-state index in [1.165, 1.54) is 0 Å². The molecule has 108 valence electrons. The van der Waals surface area contributed by atoms with Crippen LogP contribution in [0.5, 0.6) is 0 Å². The van der Waals surface area contributed by atoms with E-state index in [9.17, 15) is 9.59 Å². The Morgan fingerprint density at radius 2 is 1.80 bits per heavy atom. The number of carbonyl (C=O) groups is 2. The van der Waals surface area contributed by atoms with Crippen LogP contribution in [0, 0.1) is 0 Å². The molecule has 1 aliphatic rings. The van der Waals surface area contributed by atoms with Gasteiger partial charge in [-0.25, -0.2) is 0 Å². The average Bonchev–Trinajstić information content (AvgIpc) is 3.00.